The molecule has 0 saturated heterocycles. The summed E-state index contributed by atoms with van der Waals surface area (Å²) in [6, 6.07) is 0. The highest BCUT2D eigenvalue weighted by Gasteiger charge is 2.02. The fraction of sp³-hybridized carbons (Fsp3) is 0.824. The molecule has 0 rings (SSSR count). The third kappa shape index (κ3) is 16.4. The number of hydrogen-bond acceptors (Lipinski definition) is 1. The number of allylic oxidation sites excluding steroid dienone is 1. The van der Waals surface area contributed by atoms with Crippen molar-refractivity contribution in [3.63, 3.8) is 0 Å². The lowest BCUT2D eigenvalue weighted by Crippen LogP contribution is -1.98. The lowest BCUT2D eigenvalue weighted by atomic mass is 10.00. The molecule has 0 aromatic carbocycles. The van der Waals surface area contributed by atoms with Gasteiger partial charge >= 0.3 is 0 Å². The van der Waals surface area contributed by atoms with Crippen molar-refractivity contribution in [2.24, 2.45) is 11.8 Å². The van der Waals surface area contributed by atoms with E-state index in [0.717, 1.165) is 28.4 Å². The van der Waals surface area contributed by atoms with Crippen molar-refractivity contribution in [1.29, 1.82) is 0 Å². The van der Waals surface area contributed by atoms with Crippen LogP contribution >= 0.6 is 31.9 Å². The minimum absolute atomic E-state index is 0.324. The second kappa shape index (κ2) is 17.4. The summed E-state index contributed by atoms with van der Waals surface area (Å²) in [4.78, 5) is 10.2. The summed E-state index contributed by atoms with van der Waals surface area (Å²) < 4.78 is 1.09. The highest BCUT2D eigenvalue weighted by molar-refractivity contribution is 9.28. The predicted octanol–water partition coefficient (Wildman–Crippen LogP) is 7.24. The fourth-order valence-corrected chi connectivity index (χ4v) is 2.63. The molecule has 0 radical (unpaired) electrons. The van der Waals surface area contributed by atoms with Gasteiger partial charge in [-0.3, -0.25) is 0 Å². The molecule has 0 spiro atoms. The molecule has 0 amide bonds. The second-order valence-corrected chi connectivity index (χ2v) is 7.99. The van der Waals surface area contributed by atoms with Crippen LogP contribution in [0.15, 0.2) is 9.47 Å². The summed E-state index contributed by atoms with van der Waals surface area (Å²) in [6.07, 6.45) is 13.0. The monoisotopic (exact) mass is 410 g/mol. The molecule has 0 N–H and O–H groups in total. The van der Waals surface area contributed by atoms with Crippen LogP contribution in [0.3, 0.4) is 0 Å². The molecule has 0 heterocycles. The number of halogens is 2. The molecule has 1 nitrogen and oxygen atoms in total. The summed E-state index contributed by atoms with van der Waals surface area (Å²) >= 11 is 6.77. The molecule has 0 aliphatic heterocycles. The Hall–Kier alpha value is 0.370. The fourth-order valence-electron chi connectivity index (χ4n) is 1.88. The van der Waals surface area contributed by atoms with E-state index in [1.54, 1.807) is 0 Å². The number of rotatable bonds is 10. The number of unbranched alkanes of at least 4 members (excludes halogenated alkanes) is 2. The Balaban J connectivity index is 0. The van der Waals surface area contributed by atoms with Gasteiger partial charge < -0.3 is 4.79 Å². The van der Waals surface area contributed by atoms with Crippen molar-refractivity contribution in [2.45, 2.75) is 79.1 Å². The summed E-state index contributed by atoms with van der Waals surface area (Å²) in [6.45, 7) is 8.69. The van der Waals surface area contributed by atoms with Gasteiger partial charge in [0.05, 0.1) is 3.39 Å². The first-order valence-corrected chi connectivity index (χ1v) is 9.62. The largest absolute Gasteiger partial charge is 0.303 e. The van der Waals surface area contributed by atoms with E-state index in [-0.39, 0.29) is 0 Å². The van der Waals surface area contributed by atoms with Crippen molar-refractivity contribution < 1.29 is 4.79 Å². The average molecular weight is 412 g/mol. The van der Waals surface area contributed by atoms with E-state index in [9.17, 15) is 4.79 Å². The van der Waals surface area contributed by atoms with Crippen LogP contribution in [0.5, 0.6) is 0 Å². The van der Waals surface area contributed by atoms with Gasteiger partial charge in [0.15, 0.2) is 0 Å². The van der Waals surface area contributed by atoms with E-state index < -0.39 is 0 Å². The number of carbonyl (C=O) groups excluding carboxylic acids is 1. The summed E-state index contributed by atoms with van der Waals surface area (Å²) in [5.41, 5.74) is 0. The highest BCUT2D eigenvalue weighted by atomic mass is 79.9. The van der Waals surface area contributed by atoms with Gasteiger partial charge in [0.1, 0.15) is 6.29 Å². The van der Waals surface area contributed by atoms with Gasteiger partial charge in [-0.05, 0) is 63.5 Å². The SMILES string of the molecule is CCCCC(C=C(Br)Br)CC.CCCCC(C=O)CC. The Morgan fingerprint density at radius 3 is 1.65 bits per heavy atom. The van der Waals surface area contributed by atoms with Gasteiger partial charge in [-0.2, -0.15) is 0 Å². The van der Waals surface area contributed by atoms with E-state index in [1.165, 1.54) is 38.5 Å². The summed E-state index contributed by atoms with van der Waals surface area (Å²) in [5, 5.41) is 0. The maximum atomic E-state index is 10.2. The topological polar surface area (TPSA) is 17.1 Å². The zero-order valence-electron chi connectivity index (χ0n) is 13.6. The van der Waals surface area contributed by atoms with Gasteiger partial charge in [0, 0.05) is 5.92 Å². The third-order valence-electron chi connectivity index (χ3n) is 3.46. The highest BCUT2D eigenvalue weighted by Crippen LogP contribution is 2.21. The van der Waals surface area contributed by atoms with Crippen LogP contribution in [0.4, 0.5) is 0 Å². The van der Waals surface area contributed by atoms with E-state index in [1.807, 2.05) is 0 Å². The lowest BCUT2D eigenvalue weighted by molar-refractivity contribution is -0.111. The third-order valence-corrected chi connectivity index (χ3v) is 3.99. The van der Waals surface area contributed by atoms with Gasteiger partial charge in [0.25, 0.3) is 0 Å². The minimum Gasteiger partial charge on any atom is -0.303 e. The molecule has 20 heavy (non-hydrogen) atoms. The number of carbonyl (C=O) groups is 1. The van der Waals surface area contributed by atoms with Crippen molar-refractivity contribution in [2.75, 3.05) is 0 Å². The molecule has 0 aromatic heterocycles. The molecule has 0 saturated carbocycles. The van der Waals surface area contributed by atoms with Gasteiger partial charge in [0.2, 0.25) is 0 Å². The molecular weight excluding hydrogens is 380 g/mol. The molecule has 120 valence electrons. The Kier molecular flexibility index (Phi) is 19.7. The van der Waals surface area contributed by atoms with Gasteiger partial charge in [-0.15, -0.1) is 0 Å². The van der Waals surface area contributed by atoms with E-state index in [0.29, 0.717) is 5.92 Å². The van der Waals surface area contributed by atoms with Gasteiger partial charge in [-0.1, -0.05) is 59.5 Å². The van der Waals surface area contributed by atoms with E-state index in [2.05, 4.69) is 65.6 Å². The molecular formula is C17H32Br2O. The quantitative estimate of drug-likeness (QED) is 0.346. The first-order chi connectivity index (χ1) is 9.55. The smallest absolute Gasteiger partial charge is 0.123 e. The minimum atomic E-state index is 0.324. The van der Waals surface area contributed by atoms with Crippen LogP contribution < -0.4 is 0 Å². The molecule has 0 aliphatic rings. The Morgan fingerprint density at radius 1 is 0.900 bits per heavy atom. The zero-order chi connectivity index (χ0) is 15.8. The molecule has 0 aliphatic carbocycles. The Labute approximate surface area is 143 Å². The van der Waals surface area contributed by atoms with Crippen molar-refractivity contribution in [1.82, 2.24) is 0 Å². The molecule has 0 aromatic rings. The maximum absolute atomic E-state index is 10.2. The van der Waals surface area contributed by atoms with Crippen LogP contribution in [0.25, 0.3) is 0 Å². The first-order valence-electron chi connectivity index (χ1n) is 8.03. The Bertz CT molecular complexity index is 235. The summed E-state index contributed by atoms with van der Waals surface area (Å²) in [5.74, 6) is 1.06. The Morgan fingerprint density at radius 2 is 1.35 bits per heavy atom. The van der Waals surface area contributed by atoms with Crippen LogP contribution in [-0.4, -0.2) is 6.29 Å². The maximum Gasteiger partial charge on any atom is 0.123 e. The average Bonchev–Trinajstić information content (AvgIpc) is 2.45. The number of aldehydes is 1. The summed E-state index contributed by atoms with van der Waals surface area (Å²) in [7, 11) is 0. The standard InChI is InChI=1S/C9H16Br2.C8H16O/c1-3-5-6-8(4-2)7-9(10)11;1-3-5-6-8(4-2)7-9/h7-8H,3-6H2,1-2H3;7-8H,3-6H2,1-2H3. The van der Waals surface area contributed by atoms with Crippen molar-refractivity contribution in [3.8, 4) is 0 Å². The normalized spacial score (nSPS) is 12.9. The first kappa shape index (κ1) is 22.6. The molecule has 3 heteroatoms. The van der Waals surface area contributed by atoms with Crippen LogP contribution in [0, 0.1) is 11.8 Å². The zero-order valence-corrected chi connectivity index (χ0v) is 16.8. The van der Waals surface area contributed by atoms with Gasteiger partial charge in [-0.25, -0.2) is 0 Å². The van der Waals surface area contributed by atoms with Crippen LogP contribution in [-0.2, 0) is 4.79 Å². The van der Waals surface area contributed by atoms with Crippen molar-refractivity contribution >= 4 is 38.1 Å². The molecule has 2 unspecified atom stereocenters. The molecule has 0 fully saturated rings. The number of hydrogen-bond donors (Lipinski definition) is 0. The predicted molar refractivity (Wildman–Crippen MR) is 98.6 cm³/mol. The molecule has 0 bridgehead atoms. The van der Waals surface area contributed by atoms with Crippen LogP contribution in [0.1, 0.15) is 79.1 Å². The second-order valence-electron chi connectivity index (χ2n) is 5.21. The molecule has 2 atom stereocenters. The van der Waals surface area contributed by atoms with Crippen LogP contribution in [0.2, 0.25) is 0 Å². The lowest BCUT2D eigenvalue weighted by Gasteiger charge is -2.08. The van der Waals surface area contributed by atoms with E-state index in [4.69, 9.17) is 0 Å². The van der Waals surface area contributed by atoms with Crippen molar-refractivity contribution in [3.05, 3.63) is 9.47 Å². The van der Waals surface area contributed by atoms with E-state index >= 15 is 0 Å².